The lowest BCUT2D eigenvalue weighted by Crippen LogP contribution is -1.97. The molecule has 0 amide bonds. The maximum absolute atomic E-state index is 5.87. The van der Waals surface area contributed by atoms with E-state index in [2.05, 4.69) is 20.4 Å². The summed E-state index contributed by atoms with van der Waals surface area (Å²) in [6, 6.07) is 0. The summed E-state index contributed by atoms with van der Waals surface area (Å²) in [4.78, 5) is 0. The van der Waals surface area contributed by atoms with E-state index >= 15 is 0 Å². The van der Waals surface area contributed by atoms with Crippen molar-refractivity contribution in [2.24, 2.45) is 11.8 Å². The Hall–Kier alpha value is -0.195. The fourth-order valence-corrected chi connectivity index (χ4v) is 1.76. The summed E-state index contributed by atoms with van der Waals surface area (Å²) in [6.07, 6.45) is 2.35. The van der Waals surface area contributed by atoms with Crippen LogP contribution in [0, 0.1) is 11.8 Å². The Morgan fingerprint density at radius 3 is 2.50 bits per heavy atom. The van der Waals surface area contributed by atoms with Crippen LogP contribution >= 0.6 is 0 Å². The van der Waals surface area contributed by atoms with Gasteiger partial charge < -0.3 is 0 Å². The highest BCUT2D eigenvalue weighted by Crippen LogP contribution is 2.43. The summed E-state index contributed by atoms with van der Waals surface area (Å²) >= 11 is 0. The first-order valence-corrected chi connectivity index (χ1v) is 4.11. The van der Waals surface area contributed by atoms with Crippen molar-refractivity contribution in [3.8, 4) is 0 Å². The number of rotatable bonds is 1. The third-order valence-electron chi connectivity index (χ3n) is 2.80. The molecular formula is C9H15B. The molecule has 0 N–H and O–H groups in total. The molecule has 0 aromatic rings. The van der Waals surface area contributed by atoms with Crippen molar-refractivity contribution in [2.45, 2.75) is 32.5 Å². The number of allylic oxidation sites excluding steroid dienone is 1. The van der Waals surface area contributed by atoms with Gasteiger partial charge in [-0.05, 0) is 18.3 Å². The summed E-state index contributed by atoms with van der Waals surface area (Å²) in [6.45, 7) is 8.45. The van der Waals surface area contributed by atoms with Gasteiger partial charge in [0.25, 0.3) is 0 Å². The van der Waals surface area contributed by atoms with E-state index < -0.39 is 0 Å². The molecule has 1 aliphatic rings. The van der Waals surface area contributed by atoms with Crippen LogP contribution in [0.2, 0.25) is 5.82 Å². The van der Waals surface area contributed by atoms with Gasteiger partial charge in [0, 0.05) is 0 Å². The zero-order valence-electron chi connectivity index (χ0n) is 6.93. The second-order valence-electron chi connectivity index (χ2n) is 3.37. The van der Waals surface area contributed by atoms with E-state index in [-0.39, 0.29) is 0 Å². The second-order valence-corrected chi connectivity index (χ2v) is 3.37. The lowest BCUT2D eigenvalue weighted by atomic mass is 9.79. The molecule has 0 bridgehead atoms. The number of hydrogen-bond acceptors (Lipinski definition) is 0. The van der Waals surface area contributed by atoms with Gasteiger partial charge in [0.05, 0.1) is 7.85 Å². The van der Waals surface area contributed by atoms with Crippen LogP contribution < -0.4 is 0 Å². The van der Waals surface area contributed by atoms with Gasteiger partial charge in [0.1, 0.15) is 0 Å². The monoisotopic (exact) mass is 134 g/mol. The SMILES string of the molecule is [B]C1CC(CC)C(=C)C1C. The number of hydrogen-bond donors (Lipinski definition) is 0. The molecule has 0 aromatic heterocycles. The summed E-state index contributed by atoms with van der Waals surface area (Å²) in [7, 11) is 5.87. The van der Waals surface area contributed by atoms with Crippen LogP contribution in [0.1, 0.15) is 26.7 Å². The molecule has 0 aliphatic heterocycles. The fourth-order valence-electron chi connectivity index (χ4n) is 1.76. The molecule has 0 heterocycles. The molecule has 1 rings (SSSR count). The van der Waals surface area contributed by atoms with E-state index in [1.54, 1.807) is 0 Å². The molecular weight excluding hydrogens is 119 g/mol. The summed E-state index contributed by atoms with van der Waals surface area (Å²) in [5.74, 6) is 1.62. The molecule has 3 atom stereocenters. The standard InChI is InChI=1S/C9H15B/c1-4-8-5-9(10)7(3)6(8)2/h7-9H,2,4-5H2,1,3H3. The third kappa shape index (κ3) is 1.14. The van der Waals surface area contributed by atoms with E-state index in [1.165, 1.54) is 12.0 Å². The Morgan fingerprint density at radius 1 is 1.70 bits per heavy atom. The van der Waals surface area contributed by atoms with Crippen LogP contribution in [0.15, 0.2) is 12.2 Å². The lowest BCUT2D eigenvalue weighted by molar-refractivity contribution is 0.606. The van der Waals surface area contributed by atoms with Gasteiger partial charge in [-0.25, -0.2) is 0 Å². The van der Waals surface area contributed by atoms with Crippen molar-refractivity contribution in [3.63, 3.8) is 0 Å². The summed E-state index contributed by atoms with van der Waals surface area (Å²) < 4.78 is 0. The molecule has 1 heteroatoms. The molecule has 0 aromatic carbocycles. The minimum absolute atomic E-state index is 0.373. The highest BCUT2D eigenvalue weighted by Gasteiger charge is 2.29. The Balaban J connectivity index is 2.62. The van der Waals surface area contributed by atoms with Crippen LogP contribution in [0.3, 0.4) is 0 Å². The van der Waals surface area contributed by atoms with Gasteiger partial charge in [0.2, 0.25) is 0 Å². The maximum Gasteiger partial charge on any atom is 0.0707 e. The Morgan fingerprint density at radius 2 is 2.30 bits per heavy atom. The zero-order chi connectivity index (χ0) is 7.72. The average Bonchev–Trinajstić information content (AvgIpc) is 2.17. The van der Waals surface area contributed by atoms with Crippen LogP contribution in [0.25, 0.3) is 0 Å². The average molecular weight is 134 g/mol. The predicted octanol–water partition coefficient (Wildman–Crippen LogP) is 2.57. The first-order chi connectivity index (χ1) is 4.66. The first kappa shape index (κ1) is 7.91. The van der Waals surface area contributed by atoms with E-state index in [0.29, 0.717) is 17.7 Å². The smallest absolute Gasteiger partial charge is 0.0707 e. The molecule has 0 spiro atoms. The normalized spacial score (nSPS) is 40.6. The van der Waals surface area contributed by atoms with E-state index in [4.69, 9.17) is 7.85 Å². The van der Waals surface area contributed by atoms with E-state index in [1.807, 2.05) is 0 Å². The van der Waals surface area contributed by atoms with Crippen molar-refractivity contribution in [3.05, 3.63) is 12.2 Å². The molecule has 3 unspecified atom stereocenters. The molecule has 0 saturated heterocycles. The molecule has 1 fully saturated rings. The van der Waals surface area contributed by atoms with Gasteiger partial charge in [-0.2, -0.15) is 0 Å². The topological polar surface area (TPSA) is 0 Å². The van der Waals surface area contributed by atoms with E-state index in [9.17, 15) is 0 Å². The Bertz CT molecular complexity index is 140. The largest absolute Gasteiger partial charge is 0.0993 e. The fraction of sp³-hybridized carbons (Fsp3) is 0.778. The minimum Gasteiger partial charge on any atom is -0.0993 e. The van der Waals surface area contributed by atoms with Crippen LogP contribution in [-0.2, 0) is 0 Å². The molecule has 0 nitrogen and oxygen atoms in total. The van der Waals surface area contributed by atoms with Crippen LogP contribution in [-0.4, -0.2) is 7.85 Å². The second kappa shape index (κ2) is 2.81. The summed E-state index contributed by atoms with van der Waals surface area (Å²) in [5, 5.41) is 0. The van der Waals surface area contributed by atoms with Gasteiger partial charge >= 0.3 is 0 Å². The minimum atomic E-state index is 0.373. The van der Waals surface area contributed by atoms with Crippen molar-refractivity contribution >= 4 is 7.85 Å². The van der Waals surface area contributed by atoms with Gasteiger partial charge in [-0.15, -0.1) is 0 Å². The van der Waals surface area contributed by atoms with Crippen molar-refractivity contribution < 1.29 is 0 Å². The molecule has 1 aliphatic carbocycles. The van der Waals surface area contributed by atoms with Gasteiger partial charge in [-0.3, -0.25) is 0 Å². The van der Waals surface area contributed by atoms with E-state index in [0.717, 1.165) is 6.42 Å². The highest BCUT2D eigenvalue weighted by molar-refractivity contribution is 6.12. The quantitative estimate of drug-likeness (QED) is 0.382. The van der Waals surface area contributed by atoms with Crippen molar-refractivity contribution in [2.75, 3.05) is 0 Å². The van der Waals surface area contributed by atoms with Gasteiger partial charge in [-0.1, -0.05) is 38.2 Å². The lowest BCUT2D eigenvalue weighted by Gasteiger charge is -2.09. The molecule has 2 radical (unpaired) electrons. The molecule has 1 saturated carbocycles. The molecule has 10 heavy (non-hydrogen) atoms. The van der Waals surface area contributed by atoms with Crippen molar-refractivity contribution in [1.82, 2.24) is 0 Å². The highest BCUT2D eigenvalue weighted by atomic mass is 14.3. The van der Waals surface area contributed by atoms with Crippen LogP contribution in [0.4, 0.5) is 0 Å². The Labute approximate surface area is 65.1 Å². The zero-order valence-corrected chi connectivity index (χ0v) is 6.93. The Kier molecular flexibility index (Phi) is 2.23. The van der Waals surface area contributed by atoms with Crippen LogP contribution in [0.5, 0.6) is 0 Å². The third-order valence-corrected chi connectivity index (χ3v) is 2.80. The predicted molar refractivity (Wildman–Crippen MR) is 46.2 cm³/mol. The van der Waals surface area contributed by atoms with Gasteiger partial charge in [0.15, 0.2) is 0 Å². The van der Waals surface area contributed by atoms with Crippen molar-refractivity contribution in [1.29, 1.82) is 0 Å². The molecule has 54 valence electrons. The maximum atomic E-state index is 5.87. The first-order valence-electron chi connectivity index (χ1n) is 4.11. The summed E-state index contributed by atoms with van der Waals surface area (Å²) in [5.41, 5.74) is 1.37.